The van der Waals surface area contributed by atoms with Crippen molar-refractivity contribution in [2.75, 3.05) is 12.4 Å². The molecule has 1 aliphatic carbocycles. The number of aromatic carboxylic acids is 1. The van der Waals surface area contributed by atoms with Crippen molar-refractivity contribution in [2.45, 2.75) is 18.8 Å². The molecular formula is C23H20N3O3PS2. The maximum atomic E-state index is 11.9. The third-order valence-electron chi connectivity index (χ3n) is 5.25. The van der Waals surface area contributed by atoms with Crippen LogP contribution in [-0.2, 0) is 0 Å². The number of anilines is 2. The first kappa shape index (κ1) is 21.1. The Morgan fingerprint density at radius 1 is 1.25 bits per heavy atom. The van der Waals surface area contributed by atoms with Gasteiger partial charge in [-0.1, -0.05) is 6.07 Å². The van der Waals surface area contributed by atoms with E-state index in [1.54, 1.807) is 42.0 Å². The second-order valence-corrected chi connectivity index (χ2v) is 10.1. The first-order valence-electron chi connectivity index (χ1n) is 10.0. The van der Waals surface area contributed by atoms with E-state index in [2.05, 4.69) is 19.5 Å². The fraction of sp³-hybridized carbons (Fsp3) is 0.174. The predicted octanol–water partition coefficient (Wildman–Crippen LogP) is 5.76. The van der Waals surface area contributed by atoms with E-state index >= 15 is 0 Å². The van der Waals surface area contributed by atoms with Crippen molar-refractivity contribution in [2.24, 2.45) is 0 Å². The Hall–Kier alpha value is -2.80. The van der Waals surface area contributed by atoms with Crippen molar-refractivity contribution >= 4 is 54.1 Å². The van der Waals surface area contributed by atoms with Crippen LogP contribution < -0.4 is 15.4 Å². The molecule has 162 valence electrons. The Kier molecular flexibility index (Phi) is 5.67. The van der Waals surface area contributed by atoms with E-state index in [0.29, 0.717) is 16.9 Å². The molecule has 1 atom stereocenters. The quantitative estimate of drug-likeness (QED) is 0.327. The van der Waals surface area contributed by atoms with Crippen LogP contribution in [0.5, 0.6) is 5.75 Å². The van der Waals surface area contributed by atoms with Gasteiger partial charge < -0.3 is 15.2 Å². The number of nitrogens with one attached hydrogen (secondary N) is 1. The fourth-order valence-electron chi connectivity index (χ4n) is 3.50. The summed E-state index contributed by atoms with van der Waals surface area (Å²) in [6.07, 6.45) is 3.99. The minimum atomic E-state index is -1.03. The average Bonchev–Trinajstić information content (AvgIpc) is 3.31. The molecule has 1 aliphatic rings. The van der Waals surface area contributed by atoms with Gasteiger partial charge in [0.05, 0.1) is 12.8 Å². The molecule has 5 rings (SSSR count). The SMILES string of the molecule is COc1ccc(-c2nc(Nc3ncc(-c4cccs4)cc3C(=O)O)sc2C2CC2)cc1P. The highest BCUT2D eigenvalue weighted by Crippen LogP contribution is 2.48. The number of nitrogens with zero attached hydrogens (tertiary/aromatic N) is 2. The topological polar surface area (TPSA) is 84.3 Å². The number of rotatable bonds is 7. The van der Waals surface area contributed by atoms with Gasteiger partial charge in [0.25, 0.3) is 0 Å². The van der Waals surface area contributed by atoms with Gasteiger partial charge in [0, 0.05) is 32.4 Å². The van der Waals surface area contributed by atoms with Gasteiger partial charge in [-0.15, -0.1) is 31.9 Å². The molecule has 4 aromatic rings. The highest BCUT2D eigenvalue weighted by atomic mass is 32.1. The van der Waals surface area contributed by atoms with Crippen LogP contribution in [0.25, 0.3) is 21.7 Å². The van der Waals surface area contributed by atoms with Crippen molar-refractivity contribution in [3.05, 3.63) is 58.4 Å². The fourth-order valence-corrected chi connectivity index (χ4v) is 5.76. The lowest BCUT2D eigenvalue weighted by Gasteiger charge is -2.08. The van der Waals surface area contributed by atoms with E-state index in [-0.39, 0.29) is 5.56 Å². The number of carbonyl (C=O) groups is 1. The first-order chi connectivity index (χ1) is 15.5. The summed E-state index contributed by atoms with van der Waals surface area (Å²) in [5.74, 6) is 0.574. The Labute approximate surface area is 195 Å². The van der Waals surface area contributed by atoms with Gasteiger partial charge in [0.1, 0.15) is 17.1 Å². The van der Waals surface area contributed by atoms with Crippen molar-refractivity contribution in [3.63, 3.8) is 0 Å². The maximum absolute atomic E-state index is 11.9. The standard InChI is InChI=1S/C23H20N3O3PS2/c1-29-16-7-6-13(10-17(16)30)19-20(12-4-5-12)32-23(25-19)26-21-15(22(27)28)9-14(11-24-21)18-3-2-8-31-18/h2-3,6-12H,4-5,30H2,1H3,(H,27,28)(H,24,25,26). The number of hydrogen-bond acceptors (Lipinski definition) is 7. The number of hydrogen-bond donors (Lipinski definition) is 2. The molecule has 0 spiro atoms. The van der Waals surface area contributed by atoms with Crippen molar-refractivity contribution in [1.82, 2.24) is 9.97 Å². The van der Waals surface area contributed by atoms with Crippen molar-refractivity contribution in [1.29, 1.82) is 0 Å². The molecule has 1 saturated carbocycles. The smallest absolute Gasteiger partial charge is 0.339 e. The van der Waals surface area contributed by atoms with Crippen molar-refractivity contribution in [3.8, 4) is 27.4 Å². The van der Waals surface area contributed by atoms with Crippen LogP contribution >= 0.6 is 31.9 Å². The number of aromatic nitrogens is 2. The molecule has 6 nitrogen and oxygen atoms in total. The zero-order chi connectivity index (χ0) is 22.2. The summed E-state index contributed by atoms with van der Waals surface area (Å²) in [5.41, 5.74) is 2.85. The second-order valence-electron chi connectivity index (χ2n) is 7.49. The molecule has 0 saturated heterocycles. The summed E-state index contributed by atoms with van der Waals surface area (Å²) in [7, 11) is 4.35. The molecule has 0 bridgehead atoms. The molecule has 32 heavy (non-hydrogen) atoms. The molecular weight excluding hydrogens is 461 g/mol. The number of carboxylic acids is 1. The van der Waals surface area contributed by atoms with E-state index in [1.165, 1.54) is 4.88 Å². The van der Waals surface area contributed by atoms with Crippen LogP contribution in [0.4, 0.5) is 10.9 Å². The number of thiophene rings is 1. The van der Waals surface area contributed by atoms with Gasteiger partial charge in [-0.25, -0.2) is 14.8 Å². The number of benzene rings is 1. The van der Waals surface area contributed by atoms with E-state index in [4.69, 9.17) is 9.72 Å². The highest BCUT2D eigenvalue weighted by molar-refractivity contribution is 7.27. The Morgan fingerprint density at radius 3 is 2.75 bits per heavy atom. The van der Waals surface area contributed by atoms with E-state index in [0.717, 1.165) is 45.6 Å². The Bertz CT molecular complexity index is 1300. The van der Waals surface area contributed by atoms with Crippen LogP contribution in [0.3, 0.4) is 0 Å². The van der Waals surface area contributed by atoms with Gasteiger partial charge >= 0.3 is 5.97 Å². The first-order valence-corrected chi connectivity index (χ1v) is 12.3. The molecule has 3 aromatic heterocycles. The molecule has 0 radical (unpaired) electrons. The summed E-state index contributed by atoms with van der Waals surface area (Å²) in [5, 5.41) is 16.5. The van der Waals surface area contributed by atoms with Crippen LogP contribution in [0.1, 0.15) is 34.0 Å². The molecule has 1 unspecified atom stereocenters. The van der Waals surface area contributed by atoms with Gasteiger partial charge in [-0.3, -0.25) is 0 Å². The van der Waals surface area contributed by atoms with Gasteiger partial charge in [-0.2, -0.15) is 0 Å². The third kappa shape index (κ3) is 4.13. The number of pyridine rings is 1. The molecule has 1 aromatic carbocycles. The van der Waals surface area contributed by atoms with Gasteiger partial charge in [0.2, 0.25) is 0 Å². The molecule has 0 aliphatic heterocycles. The minimum Gasteiger partial charge on any atom is -0.496 e. The van der Waals surface area contributed by atoms with Crippen molar-refractivity contribution < 1.29 is 14.6 Å². The van der Waals surface area contributed by atoms with Gasteiger partial charge in [0.15, 0.2) is 5.13 Å². The maximum Gasteiger partial charge on any atom is 0.339 e. The van der Waals surface area contributed by atoms with E-state index in [9.17, 15) is 9.90 Å². The molecule has 1 fully saturated rings. The zero-order valence-corrected chi connectivity index (χ0v) is 20.0. The minimum absolute atomic E-state index is 0.123. The summed E-state index contributed by atoms with van der Waals surface area (Å²) >= 11 is 3.12. The van der Waals surface area contributed by atoms with Crippen LogP contribution in [0.15, 0.2) is 48.0 Å². The number of carboxylic acid groups (broad SMARTS) is 1. The lowest BCUT2D eigenvalue weighted by molar-refractivity contribution is 0.0697. The highest BCUT2D eigenvalue weighted by Gasteiger charge is 2.30. The molecule has 9 heteroatoms. The van der Waals surface area contributed by atoms with E-state index in [1.807, 2.05) is 35.7 Å². The average molecular weight is 482 g/mol. The monoisotopic (exact) mass is 481 g/mol. The lowest BCUT2D eigenvalue weighted by Crippen LogP contribution is -2.05. The van der Waals surface area contributed by atoms with E-state index < -0.39 is 5.97 Å². The second kappa shape index (κ2) is 8.62. The molecule has 3 heterocycles. The largest absolute Gasteiger partial charge is 0.496 e. The lowest BCUT2D eigenvalue weighted by atomic mass is 10.1. The Morgan fingerprint density at radius 2 is 2.09 bits per heavy atom. The normalized spacial score (nSPS) is 13.2. The number of ether oxygens (including phenoxy) is 1. The van der Waals surface area contributed by atoms with Crippen LogP contribution in [-0.4, -0.2) is 28.2 Å². The Balaban J connectivity index is 1.51. The van der Waals surface area contributed by atoms with Crippen LogP contribution in [0, 0.1) is 0 Å². The molecule has 0 amide bonds. The van der Waals surface area contributed by atoms with Gasteiger partial charge in [-0.05, 0) is 54.5 Å². The zero-order valence-electron chi connectivity index (χ0n) is 17.2. The summed E-state index contributed by atoms with van der Waals surface area (Å²) in [6, 6.07) is 11.5. The summed E-state index contributed by atoms with van der Waals surface area (Å²) in [6.45, 7) is 0. The number of methoxy groups -OCH3 is 1. The molecule has 2 N–H and O–H groups in total. The predicted molar refractivity (Wildman–Crippen MR) is 133 cm³/mol. The third-order valence-corrected chi connectivity index (χ3v) is 7.76. The number of thiazole rings is 1. The summed E-state index contributed by atoms with van der Waals surface area (Å²) in [4.78, 5) is 23.4. The van der Waals surface area contributed by atoms with Crippen LogP contribution in [0.2, 0.25) is 0 Å². The summed E-state index contributed by atoms with van der Waals surface area (Å²) < 4.78 is 5.37.